The molecule has 1 fully saturated rings. The molecule has 0 spiro atoms. The number of nitrogens with zero attached hydrogens (tertiary/aromatic N) is 2. The van der Waals surface area contributed by atoms with Crippen molar-refractivity contribution >= 4 is 17.5 Å². The van der Waals surface area contributed by atoms with Gasteiger partial charge in [-0.1, -0.05) is 84.4 Å². The lowest BCUT2D eigenvalue weighted by Crippen LogP contribution is -2.48. The van der Waals surface area contributed by atoms with Gasteiger partial charge in [0.15, 0.2) is 0 Å². The molecule has 0 atom stereocenters. The van der Waals surface area contributed by atoms with Crippen molar-refractivity contribution in [1.29, 1.82) is 0 Å². The van der Waals surface area contributed by atoms with Crippen molar-refractivity contribution in [1.82, 2.24) is 9.80 Å². The van der Waals surface area contributed by atoms with Crippen molar-refractivity contribution in [3.05, 3.63) is 107 Å². The van der Waals surface area contributed by atoms with Crippen molar-refractivity contribution in [3.63, 3.8) is 0 Å². The number of benzene rings is 3. The van der Waals surface area contributed by atoms with Gasteiger partial charge in [-0.3, -0.25) is 4.79 Å². The molecule has 0 unspecified atom stereocenters. The van der Waals surface area contributed by atoms with E-state index >= 15 is 0 Å². The van der Waals surface area contributed by atoms with E-state index in [1.54, 1.807) is 99.0 Å². The molecule has 178 valence electrons. The van der Waals surface area contributed by atoms with Gasteiger partial charge < -0.3 is 14.9 Å². The molecule has 1 saturated heterocycles. The largest absolute Gasteiger partial charge is 0.385 e. The maximum absolute atomic E-state index is 14.1. The zero-order valence-corrected chi connectivity index (χ0v) is 20.3. The van der Waals surface area contributed by atoms with Gasteiger partial charge in [0.05, 0.1) is 5.60 Å². The summed E-state index contributed by atoms with van der Waals surface area (Å²) in [6.07, 6.45) is -2.31. The van der Waals surface area contributed by atoms with E-state index in [0.717, 1.165) is 0 Å². The number of amides is 1. The summed E-state index contributed by atoms with van der Waals surface area (Å²) in [5.41, 5.74) is -1.73. The van der Waals surface area contributed by atoms with Gasteiger partial charge in [-0.2, -0.15) is 0 Å². The monoisotopic (exact) mass is 480 g/mol. The Morgan fingerprint density at radius 3 is 1.94 bits per heavy atom. The minimum atomic E-state index is -2.72. The third-order valence-electron chi connectivity index (χ3n) is 6.51. The first-order chi connectivity index (χ1) is 17.9. The van der Waals surface area contributed by atoms with E-state index < -0.39 is 29.8 Å². The van der Waals surface area contributed by atoms with Crippen molar-refractivity contribution in [2.75, 3.05) is 33.7 Å². The molecule has 4 nitrogen and oxygen atoms in total. The third kappa shape index (κ3) is 4.90. The van der Waals surface area contributed by atoms with Crippen LogP contribution in [0.3, 0.4) is 0 Å². The predicted octanol–water partition coefficient (Wildman–Crippen LogP) is 5.09. The zero-order chi connectivity index (χ0) is 27.8. The standard InChI is InChI=1S/C29H33ClN2O2/c1-31(2)27(33)29(24-9-5-3-6-10-24,25-11-7-4-8-12-25)19-22-32-20-17-28(34,18-21-32)23-13-15-26(30)16-14-23/h3-16,34H,17-22H2,1-2H3/i19D2,22D2. The summed E-state index contributed by atoms with van der Waals surface area (Å²) < 4.78 is 37.4. The number of likely N-dealkylation sites (tertiary alicyclic amines) is 1. The van der Waals surface area contributed by atoms with Crippen molar-refractivity contribution in [2.45, 2.75) is 30.2 Å². The summed E-state index contributed by atoms with van der Waals surface area (Å²) in [7, 11) is 3.11. The van der Waals surface area contributed by atoms with E-state index in [0.29, 0.717) is 21.7 Å². The highest BCUT2D eigenvalue weighted by molar-refractivity contribution is 6.30. The van der Waals surface area contributed by atoms with Crippen molar-refractivity contribution in [2.24, 2.45) is 0 Å². The number of halogens is 1. The second-order valence-corrected chi connectivity index (χ2v) is 9.38. The highest BCUT2D eigenvalue weighted by atomic mass is 35.5. The highest BCUT2D eigenvalue weighted by Crippen LogP contribution is 2.39. The zero-order valence-electron chi connectivity index (χ0n) is 23.5. The molecule has 3 aromatic rings. The smallest absolute Gasteiger partial charge is 0.237 e. The Kier molecular flexibility index (Phi) is 5.95. The lowest BCUT2D eigenvalue weighted by Gasteiger charge is -2.41. The number of rotatable bonds is 7. The quantitative estimate of drug-likeness (QED) is 0.512. The summed E-state index contributed by atoms with van der Waals surface area (Å²) in [5.74, 6) is -0.557. The van der Waals surface area contributed by atoms with Gasteiger partial charge in [-0.15, -0.1) is 0 Å². The van der Waals surface area contributed by atoms with Gasteiger partial charge >= 0.3 is 0 Å². The SMILES string of the molecule is [2H]C([2H])(N1CCC(O)(c2ccc(Cl)cc2)CC1)C([2H])([2H])C(C(=O)N(C)C)(c1ccccc1)c1ccccc1. The van der Waals surface area contributed by atoms with E-state index in [1.807, 2.05) is 0 Å². The van der Waals surface area contributed by atoms with Crippen LogP contribution in [-0.2, 0) is 15.8 Å². The molecular formula is C29H33ClN2O2. The number of likely N-dealkylation sites (N-methyl/N-ethyl adjacent to an activating group) is 1. The van der Waals surface area contributed by atoms with Crippen LogP contribution < -0.4 is 0 Å². The van der Waals surface area contributed by atoms with Gasteiger partial charge in [0.2, 0.25) is 5.91 Å². The Balaban J connectivity index is 1.80. The first-order valence-corrected chi connectivity index (χ1v) is 11.8. The van der Waals surface area contributed by atoms with E-state index in [4.69, 9.17) is 11.6 Å². The Morgan fingerprint density at radius 1 is 0.971 bits per heavy atom. The topological polar surface area (TPSA) is 43.8 Å². The average Bonchev–Trinajstić information content (AvgIpc) is 2.90. The third-order valence-corrected chi connectivity index (χ3v) is 6.77. The van der Waals surface area contributed by atoms with E-state index in [9.17, 15) is 15.4 Å². The number of carbonyl (C=O) groups excluding carboxylic acids is 1. The van der Waals surface area contributed by atoms with Crippen molar-refractivity contribution < 1.29 is 15.4 Å². The fourth-order valence-corrected chi connectivity index (χ4v) is 4.65. The van der Waals surface area contributed by atoms with Gasteiger partial charge in [0, 0.05) is 37.7 Å². The molecule has 1 N–H and O–H groups in total. The number of hydrogen-bond acceptors (Lipinski definition) is 3. The molecule has 1 aliphatic heterocycles. The Bertz CT molecular complexity index is 1210. The number of aliphatic hydroxyl groups is 1. The summed E-state index contributed by atoms with van der Waals surface area (Å²) in [4.78, 5) is 16.8. The van der Waals surface area contributed by atoms with Gasteiger partial charge in [-0.05, 0) is 54.5 Å². The normalized spacial score (nSPS) is 18.8. The molecule has 1 aliphatic rings. The summed E-state index contributed by atoms with van der Waals surface area (Å²) in [6.45, 7) is -2.38. The molecule has 0 bridgehead atoms. The molecule has 1 heterocycles. The molecule has 1 amide bonds. The lowest BCUT2D eigenvalue weighted by molar-refractivity contribution is -0.133. The van der Waals surface area contributed by atoms with E-state index in [2.05, 4.69) is 0 Å². The molecule has 0 saturated carbocycles. The molecule has 0 aromatic heterocycles. The predicted molar refractivity (Wildman–Crippen MR) is 138 cm³/mol. The van der Waals surface area contributed by atoms with Crippen molar-refractivity contribution in [3.8, 4) is 0 Å². The maximum atomic E-state index is 14.1. The summed E-state index contributed by atoms with van der Waals surface area (Å²) >= 11 is 6.01. The van der Waals surface area contributed by atoms with Crippen LogP contribution in [0.2, 0.25) is 5.02 Å². The fourth-order valence-electron chi connectivity index (χ4n) is 4.52. The Labute approximate surface area is 213 Å². The lowest BCUT2D eigenvalue weighted by atomic mass is 9.70. The van der Waals surface area contributed by atoms with E-state index in [1.165, 1.54) is 9.80 Å². The molecule has 4 rings (SSSR count). The highest BCUT2D eigenvalue weighted by Gasteiger charge is 2.43. The summed E-state index contributed by atoms with van der Waals surface area (Å²) in [6, 6.07) is 24.1. The van der Waals surface area contributed by atoms with Crippen LogP contribution >= 0.6 is 11.6 Å². The molecular weight excluding hydrogens is 444 g/mol. The molecule has 5 heteroatoms. The molecule has 34 heavy (non-hydrogen) atoms. The average molecular weight is 481 g/mol. The van der Waals surface area contributed by atoms with Crippen LogP contribution in [-0.4, -0.2) is 54.5 Å². The van der Waals surface area contributed by atoms with Crippen LogP contribution in [0, 0.1) is 0 Å². The van der Waals surface area contributed by atoms with E-state index in [-0.39, 0.29) is 25.9 Å². The van der Waals surface area contributed by atoms with Gasteiger partial charge in [0.25, 0.3) is 0 Å². The number of hydrogen-bond donors (Lipinski definition) is 1. The first kappa shape index (κ1) is 19.6. The van der Waals surface area contributed by atoms with Gasteiger partial charge in [0.1, 0.15) is 5.41 Å². The first-order valence-electron chi connectivity index (χ1n) is 13.4. The Hall–Kier alpha value is -2.66. The van der Waals surface area contributed by atoms with Crippen LogP contribution in [0.15, 0.2) is 84.9 Å². The minimum absolute atomic E-state index is 0.0987. The maximum Gasteiger partial charge on any atom is 0.237 e. The molecule has 0 radical (unpaired) electrons. The molecule has 3 aromatic carbocycles. The number of carbonyl (C=O) groups is 1. The second-order valence-electron chi connectivity index (χ2n) is 8.94. The van der Waals surface area contributed by atoms with Crippen LogP contribution in [0.4, 0.5) is 0 Å². The van der Waals surface area contributed by atoms with Crippen LogP contribution in [0.5, 0.6) is 0 Å². The van der Waals surface area contributed by atoms with Crippen LogP contribution in [0.25, 0.3) is 0 Å². The van der Waals surface area contributed by atoms with Gasteiger partial charge in [-0.25, -0.2) is 0 Å². The number of piperidine rings is 1. The van der Waals surface area contributed by atoms with Crippen LogP contribution in [0.1, 0.15) is 41.4 Å². The minimum Gasteiger partial charge on any atom is -0.385 e. The second kappa shape index (κ2) is 10.3. The molecule has 0 aliphatic carbocycles. The fraction of sp³-hybridized carbons (Fsp3) is 0.345. The summed E-state index contributed by atoms with van der Waals surface area (Å²) in [5, 5.41) is 11.9. The Morgan fingerprint density at radius 2 is 1.47 bits per heavy atom.